The fourth-order valence-electron chi connectivity index (χ4n) is 4.01. The van der Waals surface area contributed by atoms with Gasteiger partial charge < -0.3 is 8.85 Å². The van der Waals surface area contributed by atoms with Gasteiger partial charge in [-0.3, -0.25) is 4.79 Å². The second-order valence-electron chi connectivity index (χ2n) is 11.3. The summed E-state index contributed by atoms with van der Waals surface area (Å²) in [4.78, 5) is 11.9. The molecule has 0 saturated carbocycles. The van der Waals surface area contributed by atoms with Crippen molar-refractivity contribution in [2.24, 2.45) is 5.92 Å². The molecule has 0 aliphatic heterocycles. The highest BCUT2D eigenvalue weighted by Crippen LogP contribution is 2.22. The van der Waals surface area contributed by atoms with Crippen molar-refractivity contribution in [1.29, 1.82) is 0 Å². The zero-order valence-electron chi connectivity index (χ0n) is 22.3. The van der Waals surface area contributed by atoms with Crippen molar-refractivity contribution >= 4 is 22.6 Å². The number of ether oxygens (including phenoxy) is 1. The van der Waals surface area contributed by atoms with Gasteiger partial charge in [0.25, 0.3) is 0 Å². The Balaban J connectivity index is 3.51. The number of hydrogen-bond donors (Lipinski definition) is 0. The number of hydrogen-bond acceptors (Lipinski definition) is 3. The summed E-state index contributed by atoms with van der Waals surface area (Å²) in [5.41, 5.74) is 1.38. The Hall–Kier alpha value is -0.396. The van der Waals surface area contributed by atoms with Gasteiger partial charge in [0.2, 0.25) is 0 Å². The van der Waals surface area contributed by atoms with Crippen LogP contribution in [-0.2, 0) is 13.6 Å². The van der Waals surface area contributed by atoms with E-state index in [1.54, 1.807) is 0 Å². The molecule has 0 heterocycles. The summed E-state index contributed by atoms with van der Waals surface area (Å²) < 4.78 is 11.8. The number of carbonyl (C=O) groups is 1. The monoisotopic (exact) mass is 470 g/mol. The lowest BCUT2D eigenvalue weighted by molar-refractivity contribution is -0.144. The lowest BCUT2D eigenvalue weighted by Crippen LogP contribution is -2.42. The Morgan fingerprint density at radius 2 is 1.39 bits per heavy atom. The topological polar surface area (TPSA) is 35.5 Å². The van der Waals surface area contributed by atoms with Crippen LogP contribution in [0.4, 0.5) is 0 Å². The summed E-state index contributed by atoms with van der Waals surface area (Å²) in [6.07, 6.45) is 16.1. The first-order chi connectivity index (χ1) is 14.4. The molecule has 0 aliphatic rings. The highest BCUT2D eigenvalue weighted by atomic mass is 28.4. The molecule has 0 N–H and O–H groups in total. The minimum absolute atomic E-state index is 0.0104. The molecule has 0 spiro atoms. The summed E-state index contributed by atoms with van der Waals surface area (Å²) >= 11 is 0. The lowest BCUT2D eigenvalue weighted by atomic mass is 10.0. The first-order valence-electron chi connectivity index (χ1n) is 12.9. The number of rotatable bonds is 19. The molecule has 0 saturated heterocycles. The molecule has 0 amide bonds. The number of esters is 1. The number of unbranched alkanes of at least 4 members (excludes halogenated alkanes) is 7. The third kappa shape index (κ3) is 22.6. The van der Waals surface area contributed by atoms with E-state index < -0.39 is 16.6 Å². The summed E-state index contributed by atoms with van der Waals surface area (Å²) in [5.74, 6) is 0.605. The van der Waals surface area contributed by atoms with Crippen LogP contribution in [0.2, 0.25) is 38.8 Å². The Kier molecular flexibility index (Phi) is 16.9. The van der Waals surface area contributed by atoms with Gasteiger partial charge in [0, 0.05) is 6.42 Å². The Morgan fingerprint density at radius 3 is 1.94 bits per heavy atom. The molecule has 0 aliphatic carbocycles. The van der Waals surface area contributed by atoms with E-state index in [0.29, 0.717) is 18.9 Å². The summed E-state index contributed by atoms with van der Waals surface area (Å²) in [6, 6.07) is 1.30. The summed E-state index contributed by atoms with van der Waals surface area (Å²) in [5, 5.41) is 0. The Labute approximate surface area is 197 Å². The van der Waals surface area contributed by atoms with Gasteiger partial charge in [0.1, 0.15) is 0 Å². The molecule has 0 rings (SSSR count). The highest BCUT2D eigenvalue weighted by molar-refractivity contribution is 6.84. The van der Waals surface area contributed by atoms with Gasteiger partial charge in [-0.1, -0.05) is 63.5 Å². The molecule has 0 fully saturated rings. The van der Waals surface area contributed by atoms with E-state index in [-0.39, 0.29) is 5.97 Å². The third-order valence-electron chi connectivity index (χ3n) is 5.58. The molecule has 0 radical (unpaired) electrons. The van der Waals surface area contributed by atoms with Gasteiger partial charge in [-0.15, -0.1) is 0 Å². The van der Waals surface area contributed by atoms with E-state index in [0.717, 1.165) is 25.7 Å². The minimum Gasteiger partial charge on any atom is -0.466 e. The average molecular weight is 471 g/mol. The van der Waals surface area contributed by atoms with Crippen molar-refractivity contribution in [1.82, 2.24) is 0 Å². The molecule has 0 aromatic heterocycles. The Bertz CT molecular complexity index is 491. The third-order valence-corrected chi connectivity index (χ3v) is 11.8. The second-order valence-corrected chi connectivity index (χ2v) is 20.3. The van der Waals surface area contributed by atoms with Crippen LogP contribution >= 0.6 is 0 Å². The van der Waals surface area contributed by atoms with Gasteiger partial charge in [-0.25, -0.2) is 0 Å². The van der Waals surface area contributed by atoms with Gasteiger partial charge in [0.05, 0.1) is 6.61 Å². The van der Waals surface area contributed by atoms with Gasteiger partial charge in [-0.05, 0) is 84.2 Å². The molecule has 184 valence electrons. The maximum absolute atomic E-state index is 11.9. The van der Waals surface area contributed by atoms with Crippen LogP contribution < -0.4 is 0 Å². The van der Waals surface area contributed by atoms with E-state index in [4.69, 9.17) is 8.85 Å². The predicted octanol–water partition coefficient (Wildman–Crippen LogP) is 8.87. The van der Waals surface area contributed by atoms with Crippen molar-refractivity contribution in [3.05, 3.63) is 11.6 Å². The maximum atomic E-state index is 11.9. The average Bonchev–Trinajstić information content (AvgIpc) is 2.60. The highest BCUT2D eigenvalue weighted by Gasteiger charge is 2.28. The normalized spacial score (nSPS) is 13.2. The van der Waals surface area contributed by atoms with Crippen LogP contribution in [0.25, 0.3) is 0 Å². The second kappa shape index (κ2) is 17.1. The van der Waals surface area contributed by atoms with E-state index in [2.05, 4.69) is 59.6 Å². The van der Waals surface area contributed by atoms with Crippen molar-refractivity contribution < 1.29 is 13.6 Å². The van der Waals surface area contributed by atoms with Crippen LogP contribution in [0.15, 0.2) is 11.6 Å². The SMILES string of the molecule is CC(C)=CCCC(C)CCOC(=O)CCCCCCCCCC[Si](C)(C)O[Si](C)(C)C. The summed E-state index contributed by atoms with van der Waals surface area (Å²) in [7, 11) is -2.84. The summed E-state index contributed by atoms with van der Waals surface area (Å²) in [6.45, 7) is 18.8. The predicted molar refractivity (Wildman–Crippen MR) is 142 cm³/mol. The molecule has 1 unspecified atom stereocenters. The van der Waals surface area contributed by atoms with Crippen LogP contribution in [0.3, 0.4) is 0 Å². The van der Waals surface area contributed by atoms with E-state index in [1.807, 2.05) is 0 Å². The first-order valence-corrected chi connectivity index (χ1v) is 19.4. The lowest BCUT2D eigenvalue weighted by Gasteiger charge is -2.31. The minimum atomic E-state index is -1.45. The smallest absolute Gasteiger partial charge is 0.305 e. The van der Waals surface area contributed by atoms with Crippen LogP contribution in [-0.4, -0.2) is 29.2 Å². The molecule has 0 aromatic carbocycles. The zero-order valence-corrected chi connectivity index (χ0v) is 24.3. The van der Waals surface area contributed by atoms with Crippen molar-refractivity contribution in [2.75, 3.05) is 6.61 Å². The van der Waals surface area contributed by atoms with E-state index >= 15 is 0 Å². The molecule has 1 atom stereocenters. The molecular formula is C26H54O3Si2. The van der Waals surface area contributed by atoms with Crippen LogP contribution in [0.5, 0.6) is 0 Å². The van der Waals surface area contributed by atoms with Gasteiger partial charge in [0.15, 0.2) is 16.6 Å². The molecule has 0 aromatic rings. The van der Waals surface area contributed by atoms with Crippen molar-refractivity contribution in [3.8, 4) is 0 Å². The molecule has 0 bridgehead atoms. The van der Waals surface area contributed by atoms with Crippen molar-refractivity contribution in [3.63, 3.8) is 0 Å². The Morgan fingerprint density at radius 1 is 0.839 bits per heavy atom. The van der Waals surface area contributed by atoms with Gasteiger partial charge >= 0.3 is 5.97 Å². The number of carbonyl (C=O) groups excluding carboxylic acids is 1. The van der Waals surface area contributed by atoms with E-state index in [1.165, 1.54) is 56.6 Å². The maximum Gasteiger partial charge on any atom is 0.305 e. The fourth-order valence-corrected chi connectivity index (χ4v) is 12.1. The standard InChI is InChI=1S/C26H54O3Si2/c1-24(2)18-17-19-25(3)21-22-28-26(27)20-15-13-11-9-10-12-14-16-23-31(7,8)29-30(4,5)6/h18,25H,9-17,19-23H2,1-8H3. The number of allylic oxidation sites excluding steroid dienone is 2. The zero-order chi connectivity index (χ0) is 23.8. The molecule has 3 nitrogen and oxygen atoms in total. The molecule has 5 heteroatoms. The fraction of sp³-hybridized carbons (Fsp3) is 0.885. The van der Waals surface area contributed by atoms with E-state index in [9.17, 15) is 4.79 Å². The van der Waals surface area contributed by atoms with Gasteiger partial charge in [-0.2, -0.15) is 0 Å². The largest absolute Gasteiger partial charge is 0.466 e. The van der Waals surface area contributed by atoms with Crippen LogP contribution in [0, 0.1) is 5.92 Å². The molecular weight excluding hydrogens is 416 g/mol. The molecule has 31 heavy (non-hydrogen) atoms. The quantitative estimate of drug-likeness (QED) is 0.0818. The van der Waals surface area contributed by atoms with Crippen LogP contribution in [0.1, 0.15) is 97.8 Å². The first kappa shape index (κ1) is 30.6. The van der Waals surface area contributed by atoms with Crippen molar-refractivity contribution in [2.45, 2.75) is 137 Å².